The van der Waals surface area contributed by atoms with E-state index in [0.29, 0.717) is 0 Å². The lowest BCUT2D eigenvalue weighted by Crippen LogP contribution is -2.16. The first-order valence-electron chi connectivity index (χ1n) is 5.71. The van der Waals surface area contributed by atoms with Gasteiger partial charge in [-0.05, 0) is 65.1 Å². The molecule has 1 N–H and O–H groups in total. The van der Waals surface area contributed by atoms with Crippen molar-refractivity contribution in [3.63, 3.8) is 0 Å². The van der Waals surface area contributed by atoms with E-state index in [1.54, 1.807) is 24.3 Å². The highest BCUT2D eigenvalue weighted by Crippen LogP contribution is 2.36. The number of alkyl halides is 3. The molecule has 2 aromatic rings. The van der Waals surface area contributed by atoms with Gasteiger partial charge in [0.25, 0.3) is 5.91 Å². The Hall–Kier alpha value is -1.28. The molecule has 0 saturated carbocycles. The van der Waals surface area contributed by atoms with Gasteiger partial charge in [0.15, 0.2) is 0 Å². The Kier molecular flexibility index (Phi) is 4.77. The molecule has 0 unspecified atom stereocenters. The third-order valence-electron chi connectivity index (χ3n) is 2.64. The van der Waals surface area contributed by atoms with Gasteiger partial charge in [0, 0.05) is 14.2 Å². The summed E-state index contributed by atoms with van der Waals surface area (Å²) in [6, 6.07) is 9.69. The lowest BCUT2D eigenvalue weighted by molar-refractivity contribution is -0.136. The average molecular weight is 426 g/mol. The Labute approximate surface area is 137 Å². The van der Waals surface area contributed by atoms with Gasteiger partial charge < -0.3 is 5.32 Å². The molecule has 0 atom stereocenters. The van der Waals surface area contributed by atoms with Crippen molar-refractivity contribution in [1.82, 2.24) is 0 Å². The maximum absolute atomic E-state index is 12.9. The number of carbonyl (C=O) groups excluding carboxylic acids is 1. The second-order valence-electron chi connectivity index (χ2n) is 4.15. The van der Waals surface area contributed by atoms with E-state index in [2.05, 4.69) is 27.9 Å². The van der Waals surface area contributed by atoms with E-state index in [1.807, 2.05) is 0 Å². The lowest BCUT2D eigenvalue weighted by Gasteiger charge is -2.14. The van der Waals surface area contributed by atoms with E-state index < -0.39 is 17.6 Å². The first-order chi connectivity index (χ1) is 9.77. The molecule has 1 amide bonds. The number of hydrogen-bond donors (Lipinski definition) is 1. The monoisotopic (exact) mass is 425 g/mol. The van der Waals surface area contributed by atoms with Gasteiger partial charge in [-0.2, -0.15) is 13.2 Å². The average Bonchev–Trinajstić information content (AvgIpc) is 2.40. The molecule has 0 aliphatic carbocycles. The Balaban J connectivity index is 2.31. The van der Waals surface area contributed by atoms with E-state index in [9.17, 15) is 18.0 Å². The van der Waals surface area contributed by atoms with Crippen molar-refractivity contribution in [3.8, 4) is 0 Å². The van der Waals surface area contributed by atoms with Gasteiger partial charge >= 0.3 is 6.18 Å². The molecule has 0 saturated heterocycles. The van der Waals surface area contributed by atoms with Crippen molar-refractivity contribution in [2.24, 2.45) is 0 Å². The van der Waals surface area contributed by atoms with Crippen LogP contribution in [-0.2, 0) is 6.18 Å². The summed E-state index contributed by atoms with van der Waals surface area (Å²) in [7, 11) is 0. The number of rotatable bonds is 2. The van der Waals surface area contributed by atoms with Crippen molar-refractivity contribution in [3.05, 3.63) is 62.2 Å². The molecule has 2 nitrogen and oxygen atoms in total. The first kappa shape index (κ1) is 16.1. The summed E-state index contributed by atoms with van der Waals surface area (Å²) >= 11 is 7.65. The second kappa shape index (κ2) is 6.23. The largest absolute Gasteiger partial charge is 0.418 e. The van der Waals surface area contributed by atoms with Gasteiger partial charge in [-0.15, -0.1) is 0 Å². The van der Waals surface area contributed by atoms with Gasteiger partial charge in [0.05, 0.1) is 11.3 Å². The number of nitrogens with one attached hydrogen (secondary N) is 1. The number of halogens is 5. The van der Waals surface area contributed by atoms with E-state index in [0.717, 1.165) is 15.7 Å². The van der Waals surface area contributed by atoms with E-state index in [4.69, 9.17) is 11.6 Å². The molecular weight excluding hydrogens is 418 g/mol. The van der Waals surface area contributed by atoms with E-state index in [-0.39, 0.29) is 16.3 Å². The maximum Gasteiger partial charge on any atom is 0.418 e. The molecule has 0 aliphatic heterocycles. The van der Waals surface area contributed by atoms with E-state index in [1.165, 1.54) is 6.07 Å². The molecule has 0 bridgehead atoms. The second-order valence-corrected chi connectivity index (χ2v) is 5.83. The van der Waals surface area contributed by atoms with Crippen molar-refractivity contribution in [1.29, 1.82) is 0 Å². The highest BCUT2D eigenvalue weighted by atomic mass is 127. The van der Waals surface area contributed by atoms with Gasteiger partial charge in [-0.1, -0.05) is 11.6 Å². The summed E-state index contributed by atoms with van der Waals surface area (Å²) in [5, 5.41) is 2.21. The molecule has 0 aromatic heterocycles. The zero-order valence-corrected chi connectivity index (χ0v) is 13.3. The molecule has 7 heteroatoms. The van der Waals surface area contributed by atoms with Crippen LogP contribution in [0.25, 0.3) is 0 Å². The maximum atomic E-state index is 12.9. The predicted molar refractivity (Wildman–Crippen MR) is 83.6 cm³/mol. The molecule has 2 aromatic carbocycles. The third-order valence-corrected chi connectivity index (χ3v) is 3.60. The standard InChI is InChI=1S/C14H8ClF3INO/c15-9-3-6-12(11(7-9)14(16,17)18)20-13(21)8-1-4-10(19)5-2-8/h1-7H,(H,20,21). The first-order valence-corrected chi connectivity index (χ1v) is 7.17. The summed E-state index contributed by atoms with van der Waals surface area (Å²) < 4.78 is 39.7. The zero-order chi connectivity index (χ0) is 15.6. The molecule has 0 radical (unpaired) electrons. The quantitative estimate of drug-likeness (QED) is 0.657. The molecule has 21 heavy (non-hydrogen) atoms. The zero-order valence-electron chi connectivity index (χ0n) is 10.3. The van der Waals surface area contributed by atoms with Crippen molar-refractivity contribution < 1.29 is 18.0 Å². The normalized spacial score (nSPS) is 11.3. The van der Waals surface area contributed by atoms with Crippen LogP contribution in [0.3, 0.4) is 0 Å². The van der Waals surface area contributed by atoms with Gasteiger partial charge in [0.1, 0.15) is 0 Å². The molecular formula is C14H8ClF3INO. The number of benzene rings is 2. The third kappa shape index (κ3) is 4.10. The Morgan fingerprint density at radius 3 is 2.29 bits per heavy atom. The summed E-state index contributed by atoms with van der Waals surface area (Å²) in [6.45, 7) is 0. The van der Waals surface area contributed by atoms with Gasteiger partial charge in [0.2, 0.25) is 0 Å². The van der Waals surface area contributed by atoms with Crippen LogP contribution in [0.5, 0.6) is 0 Å². The molecule has 0 spiro atoms. The van der Waals surface area contributed by atoms with Crippen LogP contribution >= 0.6 is 34.2 Å². The molecule has 110 valence electrons. The van der Waals surface area contributed by atoms with Gasteiger partial charge in [-0.25, -0.2) is 0 Å². The number of carbonyl (C=O) groups is 1. The van der Waals surface area contributed by atoms with Crippen LogP contribution in [0, 0.1) is 3.57 Å². The molecule has 0 aliphatic rings. The van der Waals surface area contributed by atoms with Crippen LogP contribution in [0.1, 0.15) is 15.9 Å². The fourth-order valence-corrected chi connectivity index (χ4v) is 2.19. The summed E-state index contributed by atoms with van der Waals surface area (Å²) in [5.41, 5.74) is -1.03. The number of anilines is 1. The molecule has 2 rings (SSSR count). The minimum Gasteiger partial charge on any atom is -0.321 e. The number of hydrogen-bond acceptors (Lipinski definition) is 1. The van der Waals surface area contributed by atoms with E-state index >= 15 is 0 Å². The highest BCUT2D eigenvalue weighted by molar-refractivity contribution is 14.1. The summed E-state index contributed by atoms with van der Waals surface area (Å²) in [4.78, 5) is 12.0. The van der Waals surface area contributed by atoms with Crippen LogP contribution < -0.4 is 5.32 Å². The smallest absolute Gasteiger partial charge is 0.321 e. The fraction of sp³-hybridized carbons (Fsp3) is 0.0714. The van der Waals surface area contributed by atoms with Crippen LogP contribution in [0.2, 0.25) is 5.02 Å². The molecule has 0 fully saturated rings. The minimum atomic E-state index is -4.60. The highest BCUT2D eigenvalue weighted by Gasteiger charge is 2.34. The summed E-state index contributed by atoms with van der Waals surface area (Å²) in [6.07, 6.45) is -4.60. The predicted octanol–water partition coefficient (Wildman–Crippen LogP) is 5.22. The number of amides is 1. The fourth-order valence-electron chi connectivity index (χ4n) is 1.66. The van der Waals surface area contributed by atoms with Crippen LogP contribution in [0.4, 0.5) is 18.9 Å². The summed E-state index contributed by atoms with van der Waals surface area (Å²) in [5.74, 6) is -0.612. The Morgan fingerprint density at radius 1 is 1.10 bits per heavy atom. The lowest BCUT2D eigenvalue weighted by atomic mass is 10.1. The van der Waals surface area contributed by atoms with Crippen LogP contribution in [-0.4, -0.2) is 5.91 Å². The van der Waals surface area contributed by atoms with Gasteiger partial charge in [-0.3, -0.25) is 4.79 Å². The Bertz CT molecular complexity index is 671. The van der Waals surface area contributed by atoms with Crippen molar-refractivity contribution in [2.45, 2.75) is 6.18 Å². The molecule has 0 heterocycles. The Morgan fingerprint density at radius 2 is 1.71 bits per heavy atom. The van der Waals surface area contributed by atoms with Crippen molar-refractivity contribution in [2.75, 3.05) is 5.32 Å². The minimum absolute atomic E-state index is 0.0467. The SMILES string of the molecule is O=C(Nc1ccc(Cl)cc1C(F)(F)F)c1ccc(I)cc1. The van der Waals surface area contributed by atoms with Crippen molar-refractivity contribution >= 4 is 45.8 Å². The van der Waals surface area contributed by atoms with Crippen LogP contribution in [0.15, 0.2) is 42.5 Å². The topological polar surface area (TPSA) is 29.1 Å².